The number of guanidine groups is 1. The molecule has 0 atom stereocenters. The molecule has 0 radical (unpaired) electrons. The van der Waals surface area contributed by atoms with Gasteiger partial charge in [0.05, 0.1) is 12.2 Å². The third-order valence-corrected chi connectivity index (χ3v) is 3.52. The van der Waals surface area contributed by atoms with Crippen LogP contribution in [0, 0.1) is 0 Å². The lowest BCUT2D eigenvalue weighted by atomic mass is 10.2. The Balaban J connectivity index is 0.00000441. The van der Waals surface area contributed by atoms with Crippen LogP contribution in [0.3, 0.4) is 0 Å². The first-order chi connectivity index (χ1) is 10.0. The number of amides is 1. The molecule has 0 saturated heterocycles. The lowest BCUT2D eigenvalue weighted by molar-refractivity contribution is -0.118. The van der Waals surface area contributed by atoms with Gasteiger partial charge in [-0.05, 0) is 12.8 Å². The van der Waals surface area contributed by atoms with Gasteiger partial charge in [-0.2, -0.15) is 0 Å². The van der Waals surface area contributed by atoms with E-state index < -0.39 is 0 Å². The highest BCUT2D eigenvalue weighted by Crippen LogP contribution is 2.18. The number of halogens is 1. The van der Waals surface area contributed by atoms with Crippen LogP contribution < -0.4 is 16.0 Å². The zero-order valence-corrected chi connectivity index (χ0v) is 16.7. The van der Waals surface area contributed by atoms with Crippen LogP contribution in [0.5, 0.6) is 0 Å². The van der Waals surface area contributed by atoms with Gasteiger partial charge in [-0.25, -0.2) is 9.98 Å². The number of nitrogens with one attached hydrogen (secondary N) is 3. The molecule has 0 aliphatic heterocycles. The van der Waals surface area contributed by atoms with Crippen LogP contribution in [0.25, 0.3) is 0 Å². The molecule has 0 aliphatic carbocycles. The Labute approximate surface area is 153 Å². The molecule has 0 spiro atoms. The third-order valence-electron chi connectivity index (χ3n) is 2.67. The molecular weight excluding hydrogens is 413 g/mol. The van der Waals surface area contributed by atoms with Crippen LogP contribution in [0.1, 0.15) is 44.3 Å². The summed E-state index contributed by atoms with van der Waals surface area (Å²) in [5.41, 5.74) is 1.12. The molecule has 1 aromatic heterocycles. The standard InChI is InChI=1S/C14H25N5OS.HI/c1-5-15-14(17-7-6-16-11(4)20)18-8-13-19-12(9-21-13)10(2)3;/h9-10H,5-8H2,1-4H3,(H,16,20)(H2,15,17,18);1H. The summed E-state index contributed by atoms with van der Waals surface area (Å²) in [6.45, 7) is 10.4. The van der Waals surface area contributed by atoms with E-state index in [9.17, 15) is 4.79 Å². The number of hydrogen-bond donors (Lipinski definition) is 3. The van der Waals surface area contributed by atoms with Gasteiger partial charge in [0.1, 0.15) is 5.01 Å². The summed E-state index contributed by atoms with van der Waals surface area (Å²) in [7, 11) is 0. The summed E-state index contributed by atoms with van der Waals surface area (Å²) in [4.78, 5) is 19.9. The molecule has 0 aromatic carbocycles. The van der Waals surface area contributed by atoms with Crippen molar-refractivity contribution in [3.8, 4) is 0 Å². The molecule has 1 amide bonds. The van der Waals surface area contributed by atoms with Crippen molar-refractivity contribution in [2.45, 2.75) is 40.2 Å². The molecule has 3 N–H and O–H groups in total. The Morgan fingerprint density at radius 1 is 1.32 bits per heavy atom. The number of aliphatic imine (C=N–C) groups is 1. The Bertz CT molecular complexity index is 476. The molecule has 0 bridgehead atoms. The summed E-state index contributed by atoms with van der Waals surface area (Å²) < 4.78 is 0. The predicted molar refractivity (Wildman–Crippen MR) is 103 cm³/mol. The number of hydrogen-bond acceptors (Lipinski definition) is 4. The highest BCUT2D eigenvalue weighted by molar-refractivity contribution is 14.0. The molecule has 6 nitrogen and oxygen atoms in total. The quantitative estimate of drug-likeness (QED) is 0.263. The Morgan fingerprint density at radius 3 is 2.55 bits per heavy atom. The molecular formula is C14H26IN5OS. The fourth-order valence-electron chi connectivity index (χ4n) is 1.57. The van der Waals surface area contributed by atoms with Gasteiger partial charge in [-0.1, -0.05) is 13.8 Å². The number of aromatic nitrogens is 1. The number of carbonyl (C=O) groups is 1. The van der Waals surface area contributed by atoms with E-state index in [-0.39, 0.29) is 29.9 Å². The minimum Gasteiger partial charge on any atom is -0.357 e. The zero-order valence-electron chi connectivity index (χ0n) is 13.6. The van der Waals surface area contributed by atoms with Crippen LogP contribution in [0.2, 0.25) is 0 Å². The Hall–Kier alpha value is -0.900. The van der Waals surface area contributed by atoms with E-state index >= 15 is 0 Å². The SMILES string of the molecule is CCNC(=NCc1nc(C(C)C)cs1)NCCNC(C)=O.I. The first kappa shape index (κ1) is 21.1. The van der Waals surface area contributed by atoms with Gasteiger partial charge in [0.15, 0.2) is 5.96 Å². The maximum absolute atomic E-state index is 10.8. The van der Waals surface area contributed by atoms with Crippen LogP contribution in [-0.2, 0) is 11.3 Å². The minimum absolute atomic E-state index is 0. The van der Waals surface area contributed by atoms with Crippen molar-refractivity contribution in [2.24, 2.45) is 4.99 Å². The first-order valence-electron chi connectivity index (χ1n) is 7.23. The monoisotopic (exact) mass is 439 g/mol. The van der Waals surface area contributed by atoms with E-state index in [0.29, 0.717) is 25.6 Å². The van der Waals surface area contributed by atoms with Gasteiger partial charge in [-0.15, -0.1) is 35.3 Å². The summed E-state index contributed by atoms with van der Waals surface area (Å²) in [6, 6.07) is 0. The van der Waals surface area contributed by atoms with E-state index in [1.165, 1.54) is 6.92 Å². The van der Waals surface area contributed by atoms with Gasteiger partial charge in [0, 0.05) is 31.9 Å². The van der Waals surface area contributed by atoms with Crippen molar-refractivity contribution in [1.82, 2.24) is 20.9 Å². The van der Waals surface area contributed by atoms with Crippen molar-refractivity contribution in [1.29, 1.82) is 0 Å². The minimum atomic E-state index is -0.0252. The van der Waals surface area contributed by atoms with Crippen molar-refractivity contribution in [2.75, 3.05) is 19.6 Å². The predicted octanol–water partition coefficient (Wildman–Crippen LogP) is 2.08. The molecule has 8 heteroatoms. The van der Waals surface area contributed by atoms with E-state index in [4.69, 9.17) is 0 Å². The lowest BCUT2D eigenvalue weighted by Gasteiger charge is -2.10. The van der Waals surface area contributed by atoms with Crippen molar-refractivity contribution in [3.63, 3.8) is 0 Å². The molecule has 1 aromatic rings. The van der Waals surface area contributed by atoms with Crippen LogP contribution in [-0.4, -0.2) is 36.5 Å². The number of thiazole rings is 1. The molecule has 22 heavy (non-hydrogen) atoms. The summed E-state index contributed by atoms with van der Waals surface area (Å²) >= 11 is 1.64. The average Bonchev–Trinajstić information content (AvgIpc) is 2.89. The third kappa shape index (κ3) is 8.52. The zero-order chi connectivity index (χ0) is 15.7. The molecule has 1 rings (SSSR count). The largest absolute Gasteiger partial charge is 0.357 e. The second-order valence-corrected chi connectivity index (χ2v) is 5.87. The normalized spacial score (nSPS) is 11.0. The van der Waals surface area contributed by atoms with E-state index in [1.54, 1.807) is 11.3 Å². The number of nitrogens with zero attached hydrogens (tertiary/aromatic N) is 2. The Morgan fingerprint density at radius 2 is 2.00 bits per heavy atom. The van der Waals surface area contributed by atoms with Crippen molar-refractivity contribution < 1.29 is 4.79 Å². The highest BCUT2D eigenvalue weighted by atomic mass is 127. The van der Waals surface area contributed by atoms with Gasteiger partial charge in [0.25, 0.3) is 0 Å². The van der Waals surface area contributed by atoms with Crippen LogP contribution in [0.4, 0.5) is 0 Å². The second kappa shape index (κ2) is 11.6. The van der Waals surface area contributed by atoms with Gasteiger partial charge in [-0.3, -0.25) is 4.79 Å². The Kier molecular flexibility index (Phi) is 11.2. The fourth-order valence-corrected chi connectivity index (χ4v) is 2.45. The van der Waals surface area contributed by atoms with Crippen molar-refractivity contribution >= 4 is 47.2 Å². The first-order valence-corrected chi connectivity index (χ1v) is 8.11. The number of rotatable bonds is 7. The van der Waals surface area contributed by atoms with E-state index in [1.807, 2.05) is 6.92 Å². The van der Waals surface area contributed by atoms with E-state index in [2.05, 4.69) is 45.2 Å². The van der Waals surface area contributed by atoms with Crippen LogP contribution >= 0.6 is 35.3 Å². The molecule has 0 saturated carbocycles. The highest BCUT2D eigenvalue weighted by Gasteiger charge is 2.05. The summed E-state index contributed by atoms with van der Waals surface area (Å²) in [5.74, 6) is 1.16. The second-order valence-electron chi connectivity index (χ2n) is 4.93. The fraction of sp³-hybridized carbons (Fsp3) is 0.643. The maximum atomic E-state index is 10.8. The van der Waals surface area contributed by atoms with E-state index in [0.717, 1.165) is 23.2 Å². The summed E-state index contributed by atoms with van der Waals surface area (Å²) in [6.07, 6.45) is 0. The van der Waals surface area contributed by atoms with Gasteiger partial charge in [0.2, 0.25) is 5.91 Å². The molecule has 1 heterocycles. The van der Waals surface area contributed by atoms with Gasteiger partial charge >= 0.3 is 0 Å². The number of carbonyl (C=O) groups excluding carboxylic acids is 1. The van der Waals surface area contributed by atoms with Crippen molar-refractivity contribution in [3.05, 3.63) is 16.1 Å². The van der Waals surface area contributed by atoms with Gasteiger partial charge < -0.3 is 16.0 Å². The molecule has 126 valence electrons. The topological polar surface area (TPSA) is 78.4 Å². The smallest absolute Gasteiger partial charge is 0.216 e. The average molecular weight is 439 g/mol. The molecule has 0 fully saturated rings. The maximum Gasteiger partial charge on any atom is 0.216 e. The summed E-state index contributed by atoms with van der Waals surface area (Å²) in [5, 5.41) is 12.2. The van der Waals surface area contributed by atoms with Crippen LogP contribution in [0.15, 0.2) is 10.4 Å². The lowest BCUT2D eigenvalue weighted by Crippen LogP contribution is -2.41. The molecule has 0 unspecified atom stereocenters. The molecule has 0 aliphatic rings.